The smallest absolute Gasteiger partial charge is 0.410 e. The summed E-state index contributed by atoms with van der Waals surface area (Å²) in [6.45, 7) is 14.1. The number of carbonyl (C=O) groups excluding carboxylic acids is 1. The zero-order valence-electron chi connectivity index (χ0n) is 18.3. The summed E-state index contributed by atoms with van der Waals surface area (Å²) in [5.41, 5.74) is 3.16. The molecule has 0 spiro atoms. The maximum Gasteiger partial charge on any atom is 0.410 e. The Morgan fingerprint density at radius 3 is 2.62 bits per heavy atom. The SMILES string of the molecule is CC(C)(C)[Si](C)(C)OCCn1cnc2c1CN(C(=O)OCc1ccccc1)CC2. The van der Waals surface area contributed by atoms with Gasteiger partial charge in [-0.2, -0.15) is 0 Å². The highest BCUT2D eigenvalue weighted by Gasteiger charge is 2.37. The summed E-state index contributed by atoms with van der Waals surface area (Å²) in [5.74, 6) is 0. The first-order valence-electron chi connectivity index (χ1n) is 10.3. The summed E-state index contributed by atoms with van der Waals surface area (Å²) in [6, 6.07) is 9.76. The van der Waals surface area contributed by atoms with Gasteiger partial charge in [0, 0.05) is 19.5 Å². The van der Waals surface area contributed by atoms with Gasteiger partial charge in [-0.1, -0.05) is 51.1 Å². The Morgan fingerprint density at radius 2 is 1.93 bits per heavy atom. The molecule has 0 fully saturated rings. The monoisotopic (exact) mass is 415 g/mol. The van der Waals surface area contributed by atoms with Gasteiger partial charge in [0.15, 0.2) is 8.32 Å². The van der Waals surface area contributed by atoms with Gasteiger partial charge in [0.1, 0.15) is 6.61 Å². The van der Waals surface area contributed by atoms with Gasteiger partial charge in [-0.15, -0.1) is 0 Å². The molecule has 158 valence electrons. The maximum absolute atomic E-state index is 12.5. The number of ether oxygens (including phenoxy) is 1. The Kier molecular flexibility index (Phi) is 6.48. The lowest BCUT2D eigenvalue weighted by molar-refractivity contribution is 0.0906. The van der Waals surface area contributed by atoms with Crippen LogP contribution >= 0.6 is 0 Å². The molecular formula is C22H33N3O3Si. The topological polar surface area (TPSA) is 56.6 Å². The largest absolute Gasteiger partial charge is 0.445 e. The molecule has 0 atom stereocenters. The van der Waals surface area contributed by atoms with Crippen molar-refractivity contribution in [1.29, 1.82) is 0 Å². The van der Waals surface area contributed by atoms with E-state index >= 15 is 0 Å². The molecule has 0 bridgehead atoms. The number of hydrogen-bond donors (Lipinski definition) is 0. The second-order valence-corrected chi connectivity index (χ2v) is 14.0. The van der Waals surface area contributed by atoms with Gasteiger partial charge >= 0.3 is 6.09 Å². The van der Waals surface area contributed by atoms with E-state index in [1.807, 2.05) is 36.7 Å². The molecule has 29 heavy (non-hydrogen) atoms. The molecule has 0 saturated carbocycles. The second kappa shape index (κ2) is 8.71. The Hall–Kier alpha value is -2.12. The summed E-state index contributed by atoms with van der Waals surface area (Å²) in [4.78, 5) is 18.8. The third-order valence-electron chi connectivity index (χ3n) is 6.06. The average Bonchev–Trinajstić information content (AvgIpc) is 3.08. The zero-order valence-corrected chi connectivity index (χ0v) is 19.3. The standard InChI is InChI=1S/C22H33N3O3Si/c1-22(2,3)29(4,5)28-14-13-25-17-23-19-11-12-24(15-20(19)25)21(26)27-16-18-9-7-6-8-10-18/h6-10,17H,11-16H2,1-5H3. The van der Waals surface area contributed by atoms with Crippen LogP contribution in [-0.2, 0) is 35.3 Å². The van der Waals surface area contributed by atoms with Gasteiger partial charge in [-0.3, -0.25) is 0 Å². The highest BCUT2D eigenvalue weighted by molar-refractivity contribution is 6.74. The Morgan fingerprint density at radius 1 is 1.21 bits per heavy atom. The molecule has 7 heteroatoms. The van der Waals surface area contributed by atoms with Crippen molar-refractivity contribution in [2.24, 2.45) is 0 Å². The van der Waals surface area contributed by atoms with Gasteiger partial charge in [0.2, 0.25) is 0 Å². The van der Waals surface area contributed by atoms with Crippen LogP contribution in [-0.4, -0.2) is 42.0 Å². The lowest BCUT2D eigenvalue weighted by Crippen LogP contribution is -2.41. The van der Waals surface area contributed by atoms with Crippen molar-refractivity contribution < 1.29 is 14.0 Å². The van der Waals surface area contributed by atoms with Crippen molar-refractivity contribution in [3.63, 3.8) is 0 Å². The quantitative estimate of drug-likeness (QED) is 0.647. The number of amides is 1. The number of fused-ring (bicyclic) bond motifs is 1. The molecule has 0 radical (unpaired) electrons. The Bertz CT molecular complexity index is 828. The maximum atomic E-state index is 12.5. The second-order valence-electron chi connectivity index (χ2n) is 9.15. The van der Waals surface area contributed by atoms with E-state index in [1.165, 1.54) is 0 Å². The van der Waals surface area contributed by atoms with Gasteiger partial charge < -0.3 is 18.6 Å². The Balaban J connectivity index is 1.56. The summed E-state index contributed by atoms with van der Waals surface area (Å²) < 4.78 is 13.9. The van der Waals surface area contributed by atoms with E-state index in [2.05, 4.69) is 43.4 Å². The predicted octanol–water partition coefficient (Wildman–Crippen LogP) is 4.60. The minimum Gasteiger partial charge on any atom is -0.445 e. The number of benzene rings is 1. The van der Waals surface area contributed by atoms with Crippen LogP contribution < -0.4 is 0 Å². The minimum absolute atomic E-state index is 0.195. The van der Waals surface area contributed by atoms with E-state index in [-0.39, 0.29) is 11.1 Å². The summed E-state index contributed by atoms with van der Waals surface area (Å²) in [7, 11) is -1.77. The molecule has 2 heterocycles. The van der Waals surface area contributed by atoms with Gasteiger partial charge in [0.25, 0.3) is 0 Å². The van der Waals surface area contributed by atoms with E-state index < -0.39 is 8.32 Å². The molecule has 1 amide bonds. The van der Waals surface area contributed by atoms with Crippen LogP contribution in [0.4, 0.5) is 4.79 Å². The number of imidazole rings is 1. The number of aromatic nitrogens is 2. The molecule has 2 aromatic rings. The van der Waals surface area contributed by atoms with E-state index in [0.717, 1.165) is 29.9 Å². The molecule has 1 aromatic carbocycles. The van der Waals surface area contributed by atoms with Crippen LogP contribution in [0.1, 0.15) is 37.7 Å². The van der Waals surface area contributed by atoms with E-state index in [4.69, 9.17) is 9.16 Å². The summed E-state index contributed by atoms with van der Waals surface area (Å²) in [5, 5.41) is 0.195. The molecule has 0 N–H and O–H groups in total. The first-order valence-corrected chi connectivity index (χ1v) is 13.2. The van der Waals surface area contributed by atoms with Crippen molar-refractivity contribution in [3.05, 3.63) is 53.6 Å². The Labute approximate surface area is 175 Å². The van der Waals surface area contributed by atoms with Crippen molar-refractivity contribution in [2.75, 3.05) is 13.2 Å². The molecule has 1 aliphatic heterocycles. The van der Waals surface area contributed by atoms with Gasteiger partial charge in [-0.05, 0) is 23.7 Å². The molecule has 0 aliphatic carbocycles. The number of rotatable bonds is 6. The van der Waals surface area contributed by atoms with Crippen LogP contribution in [0.5, 0.6) is 0 Å². The average molecular weight is 416 g/mol. The van der Waals surface area contributed by atoms with Crippen LogP contribution in [0.2, 0.25) is 18.1 Å². The van der Waals surface area contributed by atoms with Crippen molar-refractivity contribution in [1.82, 2.24) is 14.5 Å². The summed E-state index contributed by atoms with van der Waals surface area (Å²) >= 11 is 0. The molecule has 0 saturated heterocycles. The number of nitrogens with zero attached hydrogens (tertiary/aromatic N) is 3. The molecule has 3 rings (SSSR count). The van der Waals surface area contributed by atoms with Crippen molar-refractivity contribution >= 4 is 14.4 Å². The van der Waals surface area contributed by atoms with Gasteiger partial charge in [-0.25, -0.2) is 9.78 Å². The highest BCUT2D eigenvalue weighted by Crippen LogP contribution is 2.36. The fraction of sp³-hybridized carbons (Fsp3) is 0.545. The lowest BCUT2D eigenvalue weighted by atomic mass is 10.1. The molecule has 0 unspecified atom stereocenters. The number of carbonyl (C=O) groups is 1. The predicted molar refractivity (Wildman–Crippen MR) is 116 cm³/mol. The van der Waals surface area contributed by atoms with E-state index in [9.17, 15) is 4.79 Å². The molecule has 6 nitrogen and oxygen atoms in total. The molecule has 1 aliphatic rings. The van der Waals surface area contributed by atoms with Crippen LogP contribution in [0.15, 0.2) is 36.7 Å². The first kappa shape index (κ1) is 21.6. The van der Waals surface area contributed by atoms with Crippen molar-refractivity contribution in [3.8, 4) is 0 Å². The lowest BCUT2D eigenvalue weighted by Gasteiger charge is -2.36. The first-order chi connectivity index (χ1) is 13.7. The normalized spacial score (nSPS) is 14.6. The third-order valence-corrected chi connectivity index (χ3v) is 10.6. The van der Waals surface area contributed by atoms with Gasteiger partial charge in [0.05, 0.1) is 30.9 Å². The number of hydrogen-bond acceptors (Lipinski definition) is 4. The van der Waals surface area contributed by atoms with Crippen LogP contribution in [0.3, 0.4) is 0 Å². The fourth-order valence-electron chi connectivity index (χ4n) is 3.12. The van der Waals surface area contributed by atoms with E-state index in [1.54, 1.807) is 4.90 Å². The van der Waals surface area contributed by atoms with Crippen LogP contribution in [0.25, 0.3) is 0 Å². The molecular weight excluding hydrogens is 382 g/mol. The third kappa shape index (κ3) is 5.28. The fourth-order valence-corrected chi connectivity index (χ4v) is 4.15. The zero-order chi connectivity index (χ0) is 21.1. The summed E-state index contributed by atoms with van der Waals surface area (Å²) in [6.07, 6.45) is 2.36. The van der Waals surface area contributed by atoms with Crippen molar-refractivity contribution in [2.45, 2.75) is 65.0 Å². The molecule has 1 aromatic heterocycles. The minimum atomic E-state index is -1.77. The highest BCUT2D eigenvalue weighted by atomic mass is 28.4. The van der Waals surface area contributed by atoms with E-state index in [0.29, 0.717) is 26.3 Å². The van der Waals surface area contributed by atoms with Crippen LogP contribution in [0, 0.1) is 0 Å².